The second kappa shape index (κ2) is 5.55. The van der Waals surface area contributed by atoms with Gasteiger partial charge in [0, 0.05) is 0 Å². The van der Waals surface area contributed by atoms with Crippen molar-refractivity contribution in [2.24, 2.45) is 5.84 Å². The molecule has 1 rings (SSSR count). The molecule has 1 aromatic rings. The summed E-state index contributed by atoms with van der Waals surface area (Å²) in [6.07, 6.45) is 2.16. The lowest BCUT2D eigenvalue weighted by Gasteiger charge is -2.08. The highest BCUT2D eigenvalue weighted by molar-refractivity contribution is 5.94. The quantitative estimate of drug-likeness (QED) is 0.470. The number of nitrogens with two attached hydrogens (primary N) is 1. The molecule has 16 heavy (non-hydrogen) atoms. The largest absolute Gasteiger partial charge is 0.290 e. The van der Waals surface area contributed by atoms with Gasteiger partial charge < -0.3 is 0 Å². The molecule has 0 unspecified atom stereocenters. The van der Waals surface area contributed by atoms with Gasteiger partial charge in [-0.1, -0.05) is 19.4 Å². The first-order valence-electron chi connectivity index (χ1n) is 5.09. The summed E-state index contributed by atoms with van der Waals surface area (Å²) in [5, 5.41) is 0. The molecule has 0 fully saturated rings. The summed E-state index contributed by atoms with van der Waals surface area (Å²) in [6.45, 7) is 1.97. The third-order valence-corrected chi connectivity index (χ3v) is 2.33. The van der Waals surface area contributed by atoms with Crippen LogP contribution in [0.1, 0.15) is 35.7 Å². The summed E-state index contributed by atoms with van der Waals surface area (Å²) in [5.41, 5.74) is 1.45. The highest BCUT2D eigenvalue weighted by Gasteiger charge is 2.19. The van der Waals surface area contributed by atoms with E-state index in [0.717, 1.165) is 18.9 Å². The van der Waals surface area contributed by atoms with Crippen LogP contribution in [0.4, 0.5) is 8.78 Å². The predicted octanol–water partition coefficient (Wildman–Crippen LogP) is 1.91. The fourth-order valence-corrected chi connectivity index (χ4v) is 1.44. The third kappa shape index (κ3) is 2.55. The molecule has 0 aliphatic heterocycles. The number of hydrogen-bond donors (Lipinski definition) is 2. The van der Waals surface area contributed by atoms with E-state index in [2.05, 4.69) is 0 Å². The lowest BCUT2D eigenvalue weighted by Crippen LogP contribution is -2.31. The number of hydrazine groups is 1. The maximum absolute atomic E-state index is 13.7. The Labute approximate surface area is 92.6 Å². The van der Waals surface area contributed by atoms with Crippen molar-refractivity contribution in [3.8, 4) is 0 Å². The van der Waals surface area contributed by atoms with Crippen molar-refractivity contribution in [2.75, 3.05) is 0 Å². The molecule has 1 amide bonds. The molecule has 5 heteroatoms. The molecule has 0 aliphatic carbocycles. The van der Waals surface area contributed by atoms with Crippen molar-refractivity contribution in [3.63, 3.8) is 0 Å². The van der Waals surface area contributed by atoms with E-state index in [1.807, 2.05) is 6.92 Å². The zero-order chi connectivity index (χ0) is 12.1. The Morgan fingerprint density at radius 2 is 2.12 bits per heavy atom. The Bertz CT molecular complexity index is 394. The molecule has 0 bridgehead atoms. The van der Waals surface area contributed by atoms with Gasteiger partial charge in [-0.2, -0.15) is 0 Å². The Morgan fingerprint density at radius 3 is 2.69 bits per heavy atom. The Hall–Kier alpha value is -1.49. The second-order valence-electron chi connectivity index (χ2n) is 3.47. The van der Waals surface area contributed by atoms with E-state index in [1.54, 1.807) is 5.43 Å². The monoisotopic (exact) mass is 228 g/mol. The van der Waals surface area contributed by atoms with Gasteiger partial charge in [-0.25, -0.2) is 14.6 Å². The number of rotatable bonds is 4. The summed E-state index contributed by atoms with van der Waals surface area (Å²) in [5.74, 6) is 2.18. The molecule has 1 aromatic carbocycles. The standard InChI is InChI=1S/C11H14F2N2O/c1-2-3-4-7-5-6-8(12)9(10(7)13)11(16)15-14/h5-6H,2-4,14H2,1H3,(H,15,16). The van der Waals surface area contributed by atoms with Gasteiger partial charge >= 0.3 is 0 Å². The number of unbranched alkanes of at least 4 members (excludes halogenated alkanes) is 1. The minimum absolute atomic E-state index is 0.335. The van der Waals surface area contributed by atoms with Crippen LogP contribution >= 0.6 is 0 Å². The van der Waals surface area contributed by atoms with Crippen molar-refractivity contribution >= 4 is 5.91 Å². The molecule has 0 spiro atoms. The molecule has 0 heterocycles. The molecule has 0 aromatic heterocycles. The normalized spacial score (nSPS) is 10.2. The van der Waals surface area contributed by atoms with E-state index in [1.165, 1.54) is 6.07 Å². The number of carbonyl (C=O) groups excluding carboxylic acids is 1. The van der Waals surface area contributed by atoms with Crippen molar-refractivity contribution < 1.29 is 13.6 Å². The van der Waals surface area contributed by atoms with Crippen LogP contribution in [-0.4, -0.2) is 5.91 Å². The number of nitrogen functional groups attached to an aromatic ring is 1. The lowest BCUT2D eigenvalue weighted by molar-refractivity contribution is 0.0945. The van der Waals surface area contributed by atoms with Crippen LogP contribution in [0.5, 0.6) is 0 Å². The van der Waals surface area contributed by atoms with Crippen molar-refractivity contribution in [2.45, 2.75) is 26.2 Å². The Balaban J connectivity index is 3.11. The molecule has 0 atom stereocenters. The molecule has 88 valence electrons. The van der Waals surface area contributed by atoms with Crippen molar-refractivity contribution in [1.29, 1.82) is 0 Å². The minimum atomic E-state index is -0.951. The van der Waals surface area contributed by atoms with Gasteiger partial charge in [0.25, 0.3) is 5.91 Å². The van der Waals surface area contributed by atoms with Crippen LogP contribution < -0.4 is 11.3 Å². The summed E-state index contributed by atoms with van der Waals surface area (Å²) in [7, 11) is 0. The number of amides is 1. The van der Waals surface area contributed by atoms with Crippen molar-refractivity contribution in [3.05, 3.63) is 34.9 Å². The van der Waals surface area contributed by atoms with E-state index in [0.29, 0.717) is 12.0 Å². The highest BCUT2D eigenvalue weighted by Crippen LogP contribution is 2.18. The van der Waals surface area contributed by atoms with E-state index in [4.69, 9.17) is 5.84 Å². The van der Waals surface area contributed by atoms with Gasteiger partial charge in [0.1, 0.15) is 17.2 Å². The molecule has 0 aliphatic rings. The molecular weight excluding hydrogens is 214 g/mol. The highest BCUT2D eigenvalue weighted by atomic mass is 19.1. The van der Waals surface area contributed by atoms with Gasteiger partial charge in [0.05, 0.1) is 0 Å². The van der Waals surface area contributed by atoms with Crippen LogP contribution in [0.15, 0.2) is 12.1 Å². The number of halogens is 2. The molecule has 0 saturated carbocycles. The minimum Gasteiger partial charge on any atom is -0.290 e. The molecule has 3 N–H and O–H groups in total. The fraction of sp³-hybridized carbons (Fsp3) is 0.364. The average Bonchev–Trinajstić information content (AvgIpc) is 2.28. The Morgan fingerprint density at radius 1 is 1.44 bits per heavy atom. The number of benzene rings is 1. The molecule has 0 saturated heterocycles. The van der Waals surface area contributed by atoms with E-state index in [9.17, 15) is 13.6 Å². The molecule has 3 nitrogen and oxygen atoms in total. The molecule has 0 radical (unpaired) electrons. The van der Waals surface area contributed by atoms with Crippen LogP contribution in [0.3, 0.4) is 0 Å². The first-order valence-corrected chi connectivity index (χ1v) is 5.09. The summed E-state index contributed by atoms with van der Waals surface area (Å²) in [4.78, 5) is 11.2. The second-order valence-corrected chi connectivity index (χ2v) is 3.47. The fourth-order valence-electron chi connectivity index (χ4n) is 1.44. The summed E-state index contributed by atoms with van der Waals surface area (Å²) >= 11 is 0. The van der Waals surface area contributed by atoms with Crippen molar-refractivity contribution in [1.82, 2.24) is 5.43 Å². The van der Waals surface area contributed by atoms with Crippen LogP contribution in [0.2, 0.25) is 0 Å². The van der Waals surface area contributed by atoms with Crippen LogP contribution in [-0.2, 0) is 6.42 Å². The SMILES string of the molecule is CCCCc1ccc(F)c(C(=O)NN)c1F. The topological polar surface area (TPSA) is 55.1 Å². The van der Waals surface area contributed by atoms with E-state index in [-0.39, 0.29) is 0 Å². The lowest BCUT2D eigenvalue weighted by atomic mass is 10.0. The first kappa shape index (κ1) is 12.6. The maximum atomic E-state index is 13.7. The third-order valence-electron chi connectivity index (χ3n) is 2.33. The zero-order valence-electron chi connectivity index (χ0n) is 9.02. The Kier molecular flexibility index (Phi) is 4.37. The maximum Gasteiger partial charge on any atom is 0.271 e. The van der Waals surface area contributed by atoms with Gasteiger partial charge in [-0.3, -0.25) is 10.2 Å². The average molecular weight is 228 g/mol. The first-order chi connectivity index (χ1) is 7.61. The number of aryl methyl sites for hydroxylation is 1. The zero-order valence-corrected chi connectivity index (χ0v) is 9.02. The smallest absolute Gasteiger partial charge is 0.271 e. The van der Waals surface area contributed by atoms with E-state index < -0.39 is 23.1 Å². The predicted molar refractivity (Wildman–Crippen MR) is 56.6 cm³/mol. The summed E-state index contributed by atoms with van der Waals surface area (Å²) in [6, 6.07) is 2.44. The molecular formula is C11H14F2N2O. The van der Waals surface area contributed by atoms with Crippen LogP contribution in [0.25, 0.3) is 0 Å². The van der Waals surface area contributed by atoms with Gasteiger partial charge in [-0.05, 0) is 24.5 Å². The van der Waals surface area contributed by atoms with Gasteiger partial charge in [0.15, 0.2) is 0 Å². The number of nitrogens with one attached hydrogen (secondary N) is 1. The van der Waals surface area contributed by atoms with Gasteiger partial charge in [-0.15, -0.1) is 0 Å². The van der Waals surface area contributed by atoms with Gasteiger partial charge in [0.2, 0.25) is 0 Å². The van der Waals surface area contributed by atoms with E-state index >= 15 is 0 Å². The van der Waals surface area contributed by atoms with Crippen LogP contribution in [0, 0.1) is 11.6 Å². The number of hydrogen-bond acceptors (Lipinski definition) is 2. The summed E-state index contributed by atoms with van der Waals surface area (Å²) < 4.78 is 27.0. The number of carbonyl (C=O) groups is 1.